The quantitative estimate of drug-likeness (QED) is 0.853. The number of nitrogens with one attached hydrogen (secondary N) is 1. The summed E-state index contributed by atoms with van der Waals surface area (Å²) in [7, 11) is 0. The molecule has 4 rings (SSSR count). The molecular formula is C16H20N4S2. The number of fused-ring (bicyclic) bond motifs is 1. The van der Waals surface area contributed by atoms with Gasteiger partial charge in [-0.2, -0.15) is 4.37 Å². The highest BCUT2D eigenvalue weighted by atomic mass is 32.2. The number of hydrogen-bond donors (Lipinski definition) is 1. The predicted molar refractivity (Wildman–Crippen MR) is 92.3 cm³/mol. The second-order valence-corrected chi connectivity index (χ2v) is 7.62. The molecule has 0 radical (unpaired) electrons. The summed E-state index contributed by atoms with van der Waals surface area (Å²) >= 11 is 3.01. The minimum absolute atomic E-state index is 0.658. The molecule has 116 valence electrons. The van der Waals surface area contributed by atoms with E-state index >= 15 is 0 Å². The Morgan fingerprint density at radius 2 is 2.14 bits per heavy atom. The molecule has 0 saturated carbocycles. The van der Waals surface area contributed by atoms with Crippen molar-refractivity contribution >= 4 is 28.6 Å². The van der Waals surface area contributed by atoms with Gasteiger partial charge in [0.25, 0.3) is 0 Å². The lowest BCUT2D eigenvalue weighted by Crippen LogP contribution is -2.32. The van der Waals surface area contributed by atoms with Gasteiger partial charge in [-0.1, -0.05) is 12.5 Å². The molecule has 22 heavy (non-hydrogen) atoms. The Kier molecular flexibility index (Phi) is 4.32. The first-order chi connectivity index (χ1) is 10.9. The average molecular weight is 332 g/mol. The van der Waals surface area contributed by atoms with Crippen molar-refractivity contribution in [3.63, 3.8) is 0 Å². The van der Waals surface area contributed by atoms with Gasteiger partial charge in [0.2, 0.25) is 5.13 Å². The van der Waals surface area contributed by atoms with Gasteiger partial charge in [0.05, 0.1) is 0 Å². The number of rotatable bonds is 4. The van der Waals surface area contributed by atoms with Gasteiger partial charge in [0.15, 0.2) is 0 Å². The Labute approximate surface area is 139 Å². The zero-order valence-electron chi connectivity index (χ0n) is 12.5. The molecule has 1 aliphatic heterocycles. The van der Waals surface area contributed by atoms with Gasteiger partial charge in [-0.05, 0) is 74.0 Å². The van der Waals surface area contributed by atoms with E-state index in [2.05, 4.69) is 37.2 Å². The summed E-state index contributed by atoms with van der Waals surface area (Å²) in [5.41, 5.74) is 3.09. The Balaban J connectivity index is 1.45. The Hall–Kier alpha value is -1.11. The van der Waals surface area contributed by atoms with E-state index in [0.717, 1.165) is 5.13 Å². The molecule has 1 aromatic heterocycles. The van der Waals surface area contributed by atoms with Crippen molar-refractivity contribution in [2.75, 3.05) is 17.8 Å². The number of likely N-dealkylation sites (tertiary alicyclic amines) is 1. The highest BCUT2D eigenvalue weighted by molar-refractivity contribution is 8.00. The molecule has 0 amide bonds. The van der Waals surface area contributed by atoms with Crippen molar-refractivity contribution in [3.8, 4) is 0 Å². The Morgan fingerprint density at radius 1 is 1.23 bits per heavy atom. The van der Waals surface area contributed by atoms with E-state index in [1.807, 2.05) is 0 Å². The summed E-state index contributed by atoms with van der Waals surface area (Å²) in [5.74, 6) is 0. The van der Waals surface area contributed by atoms with Crippen LogP contribution in [0.2, 0.25) is 0 Å². The first kappa shape index (κ1) is 14.5. The van der Waals surface area contributed by atoms with Gasteiger partial charge >= 0.3 is 0 Å². The van der Waals surface area contributed by atoms with Crippen LogP contribution < -0.4 is 4.72 Å². The van der Waals surface area contributed by atoms with Gasteiger partial charge in [-0.25, -0.2) is 4.98 Å². The van der Waals surface area contributed by atoms with Crippen molar-refractivity contribution in [3.05, 3.63) is 35.7 Å². The van der Waals surface area contributed by atoms with Crippen LogP contribution in [0.5, 0.6) is 0 Å². The first-order valence-corrected chi connectivity index (χ1v) is 9.55. The molecule has 1 saturated heterocycles. The average Bonchev–Trinajstić information content (AvgIpc) is 3.23. The maximum atomic E-state index is 4.15. The molecular weight excluding hydrogens is 312 g/mol. The summed E-state index contributed by atoms with van der Waals surface area (Å²) in [6.07, 6.45) is 8.22. The Bertz CT molecular complexity index is 623. The molecule has 6 heteroatoms. The van der Waals surface area contributed by atoms with Crippen molar-refractivity contribution in [2.24, 2.45) is 0 Å². The van der Waals surface area contributed by atoms with Crippen LogP contribution in [0.4, 0.5) is 5.13 Å². The second kappa shape index (κ2) is 6.56. The van der Waals surface area contributed by atoms with Crippen molar-refractivity contribution in [1.82, 2.24) is 14.3 Å². The summed E-state index contributed by atoms with van der Waals surface area (Å²) in [4.78, 5) is 8.10. The lowest BCUT2D eigenvalue weighted by Gasteiger charge is -2.32. The van der Waals surface area contributed by atoms with Crippen LogP contribution in [0.1, 0.15) is 42.9 Å². The summed E-state index contributed by atoms with van der Waals surface area (Å²) < 4.78 is 7.26. The molecule has 1 aromatic carbocycles. The van der Waals surface area contributed by atoms with E-state index in [9.17, 15) is 0 Å². The minimum Gasteiger partial charge on any atom is -0.300 e. The SMILES string of the molecule is c1nsc(NSc2ccc3c(c2)CCC3N2CCCCC2)n1. The number of anilines is 1. The number of aromatic nitrogens is 2. The van der Waals surface area contributed by atoms with Gasteiger partial charge in [0, 0.05) is 22.5 Å². The van der Waals surface area contributed by atoms with Crippen LogP contribution in [0.25, 0.3) is 0 Å². The monoisotopic (exact) mass is 332 g/mol. The predicted octanol–water partition coefficient (Wildman–Crippen LogP) is 4.13. The van der Waals surface area contributed by atoms with Crippen LogP contribution in [0, 0.1) is 0 Å². The van der Waals surface area contributed by atoms with E-state index in [1.165, 1.54) is 67.2 Å². The van der Waals surface area contributed by atoms with Crippen molar-refractivity contribution in [1.29, 1.82) is 0 Å². The van der Waals surface area contributed by atoms with E-state index in [0.29, 0.717) is 6.04 Å². The topological polar surface area (TPSA) is 41.1 Å². The molecule has 4 nitrogen and oxygen atoms in total. The van der Waals surface area contributed by atoms with E-state index < -0.39 is 0 Å². The molecule has 2 heterocycles. The Morgan fingerprint density at radius 3 is 2.95 bits per heavy atom. The standard InChI is InChI=1S/C16H20N4S2/c1-2-8-20(9-3-1)15-7-4-12-10-13(5-6-14(12)15)21-19-16-17-11-18-22-16/h5-6,10-11,15H,1-4,7-9H2,(H,17,18,19). The van der Waals surface area contributed by atoms with Gasteiger partial charge < -0.3 is 4.72 Å². The van der Waals surface area contributed by atoms with Crippen LogP contribution >= 0.6 is 23.5 Å². The van der Waals surface area contributed by atoms with Crippen molar-refractivity contribution in [2.45, 2.75) is 43.0 Å². The molecule has 1 N–H and O–H groups in total. The fourth-order valence-corrected chi connectivity index (χ4v) is 4.72. The van der Waals surface area contributed by atoms with Gasteiger partial charge in [0.1, 0.15) is 6.33 Å². The molecule has 1 atom stereocenters. The summed E-state index contributed by atoms with van der Waals surface area (Å²) in [6.45, 7) is 2.55. The second-order valence-electron chi connectivity index (χ2n) is 5.96. The third-order valence-electron chi connectivity index (χ3n) is 4.61. The van der Waals surface area contributed by atoms with Crippen LogP contribution in [0.15, 0.2) is 29.4 Å². The fraction of sp³-hybridized carbons (Fsp3) is 0.500. The van der Waals surface area contributed by atoms with E-state index in [1.54, 1.807) is 23.8 Å². The molecule has 2 aliphatic rings. The third-order valence-corrected chi connectivity index (χ3v) is 6.10. The molecule has 1 aliphatic carbocycles. The third kappa shape index (κ3) is 3.00. The zero-order chi connectivity index (χ0) is 14.8. The van der Waals surface area contributed by atoms with Crippen LogP contribution in [-0.2, 0) is 6.42 Å². The normalized spacial score (nSPS) is 21.7. The lowest BCUT2D eigenvalue weighted by molar-refractivity contribution is 0.163. The first-order valence-electron chi connectivity index (χ1n) is 7.96. The maximum Gasteiger partial charge on any atom is 0.212 e. The molecule has 0 bridgehead atoms. The van der Waals surface area contributed by atoms with Crippen LogP contribution in [-0.4, -0.2) is 27.3 Å². The van der Waals surface area contributed by atoms with Gasteiger partial charge in [-0.15, -0.1) is 0 Å². The summed E-state index contributed by atoms with van der Waals surface area (Å²) in [5, 5.41) is 0.858. The lowest BCUT2D eigenvalue weighted by atomic mass is 10.0. The smallest absolute Gasteiger partial charge is 0.212 e. The number of hydrogen-bond acceptors (Lipinski definition) is 6. The number of aryl methyl sites for hydroxylation is 1. The molecule has 1 fully saturated rings. The zero-order valence-corrected chi connectivity index (χ0v) is 14.1. The van der Waals surface area contributed by atoms with E-state index in [-0.39, 0.29) is 0 Å². The highest BCUT2D eigenvalue weighted by Gasteiger charge is 2.28. The summed E-state index contributed by atoms with van der Waals surface area (Å²) in [6, 6.07) is 7.58. The fourth-order valence-electron chi connectivity index (χ4n) is 3.56. The largest absolute Gasteiger partial charge is 0.300 e. The molecule has 1 unspecified atom stereocenters. The number of piperidine rings is 1. The van der Waals surface area contributed by atoms with Crippen molar-refractivity contribution < 1.29 is 0 Å². The van der Waals surface area contributed by atoms with Crippen LogP contribution in [0.3, 0.4) is 0 Å². The molecule has 0 spiro atoms. The van der Waals surface area contributed by atoms with Gasteiger partial charge in [-0.3, -0.25) is 4.90 Å². The number of nitrogens with zero attached hydrogens (tertiary/aromatic N) is 3. The van der Waals surface area contributed by atoms with E-state index in [4.69, 9.17) is 0 Å². The maximum absolute atomic E-state index is 4.15. The highest BCUT2D eigenvalue weighted by Crippen LogP contribution is 2.38. The minimum atomic E-state index is 0.658. The number of benzene rings is 1. The molecule has 2 aromatic rings.